The minimum Gasteiger partial charge on any atom is -0.439 e. The number of ether oxygens (including phenoxy) is 1. The quantitative estimate of drug-likeness (QED) is 0.924. The Morgan fingerprint density at radius 2 is 1.94 bits per heavy atom. The van der Waals surface area contributed by atoms with Crippen molar-refractivity contribution in [2.24, 2.45) is 0 Å². The van der Waals surface area contributed by atoms with Gasteiger partial charge in [0, 0.05) is 28.4 Å². The molecule has 1 N–H and O–H groups in total. The van der Waals surface area contributed by atoms with Crippen LogP contribution in [0.2, 0.25) is 10.0 Å². The molecule has 0 aliphatic heterocycles. The van der Waals surface area contributed by atoms with Gasteiger partial charge < -0.3 is 10.1 Å². The van der Waals surface area contributed by atoms with Crippen LogP contribution in [0.25, 0.3) is 0 Å². The zero-order valence-corrected chi connectivity index (χ0v) is 11.3. The van der Waals surface area contributed by atoms with E-state index in [1.807, 2.05) is 19.2 Å². The Morgan fingerprint density at radius 3 is 2.61 bits per heavy atom. The molecule has 0 atom stereocenters. The van der Waals surface area contributed by atoms with Crippen LogP contribution >= 0.6 is 23.2 Å². The van der Waals surface area contributed by atoms with E-state index in [9.17, 15) is 0 Å². The fraction of sp³-hybridized carbons (Fsp3) is 0.154. The van der Waals surface area contributed by atoms with Crippen molar-refractivity contribution in [3.63, 3.8) is 0 Å². The van der Waals surface area contributed by atoms with Gasteiger partial charge in [0.25, 0.3) is 0 Å². The number of halogens is 2. The second-order valence-corrected chi connectivity index (χ2v) is 4.58. The monoisotopic (exact) mass is 282 g/mol. The zero-order valence-electron chi connectivity index (χ0n) is 9.78. The van der Waals surface area contributed by atoms with Crippen molar-refractivity contribution in [2.75, 3.05) is 7.05 Å². The third-order valence-electron chi connectivity index (χ3n) is 2.27. The van der Waals surface area contributed by atoms with Crippen LogP contribution in [0.5, 0.6) is 11.6 Å². The molecule has 1 aromatic heterocycles. The first-order valence-corrected chi connectivity index (χ1v) is 6.17. The van der Waals surface area contributed by atoms with Gasteiger partial charge in [0.05, 0.1) is 0 Å². The Bertz CT molecular complexity index is 526. The molecule has 0 saturated heterocycles. The molecule has 0 bridgehead atoms. The van der Waals surface area contributed by atoms with Crippen molar-refractivity contribution < 1.29 is 4.74 Å². The zero-order chi connectivity index (χ0) is 13.0. The highest BCUT2D eigenvalue weighted by atomic mass is 35.5. The first-order valence-electron chi connectivity index (χ1n) is 5.41. The maximum absolute atomic E-state index is 5.92. The fourth-order valence-corrected chi connectivity index (χ4v) is 2.05. The van der Waals surface area contributed by atoms with Gasteiger partial charge in [-0.25, -0.2) is 4.98 Å². The van der Waals surface area contributed by atoms with Crippen LogP contribution in [0.15, 0.2) is 36.5 Å². The summed E-state index contributed by atoms with van der Waals surface area (Å²) in [6.45, 7) is 0.678. The van der Waals surface area contributed by atoms with E-state index in [0.29, 0.717) is 28.2 Å². The second-order valence-electron chi connectivity index (χ2n) is 3.71. The summed E-state index contributed by atoms with van der Waals surface area (Å²) in [5, 5.41) is 4.12. The van der Waals surface area contributed by atoms with E-state index in [0.717, 1.165) is 5.56 Å². The van der Waals surface area contributed by atoms with E-state index in [-0.39, 0.29) is 0 Å². The predicted molar refractivity (Wildman–Crippen MR) is 73.5 cm³/mol. The Kier molecular flexibility index (Phi) is 4.42. The molecule has 1 heterocycles. The molecule has 18 heavy (non-hydrogen) atoms. The van der Waals surface area contributed by atoms with Crippen LogP contribution in [-0.2, 0) is 6.54 Å². The molecule has 5 heteroatoms. The summed E-state index contributed by atoms with van der Waals surface area (Å²) in [4.78, 5) is 4.20. The van der Waals surface area contributed by atoms with Gasteiger partial charge in [-0.3, -0.25) is 0 Å². The highest BCUT2D eigenvalue weighted by molar-refractivity contribution is 6.34. The van der Waals surface area contributed by atoms with Crippen LogP contribution in [0.4, 0.5) is 0 Å². The molecule has 0 amide bonds. The Morgan fingerprint density at radius 1 is 1.22 bits per heavy atom. The average Bonchev–Trinajstić information content (AvgIpc) is 2.30. The lowest BCUT2D eigenvalue weighted by molar-refractivity contribution is 0.454. The van der Waals surface area contributed by atoms with Gasteiger partial charge in [0.1, 0.15) is 5.75 Å². The molecular weight excluding hydrogens is 271 g/mol. The molecule has 0 radical (unpaired) electrons. The Labute approximate surface area is 116 Å². The largest absolute Gasteiger partial charge is 0.439 e. The maximum atomic E-state index is 5.92. The molecule has 0 fully saturated rings. The number of nitrogens with zero attached hydrogens (tertiary/aromatic N) is 1. The SMILES string of the molecule is CNCc1cccnc1Oc1cc(Cl)cc(Cl)c1. The summed E-state index contributed by atoms with van der Waals surface area (Å²) in [5.41, 5.74) is 0.969. The Hall–Kier alpha value is -1.29. The number of nitrogens with one attached hydrogen (secondary N) is 1. The van der Waals surface area contributed by atoms with Crippen molar-refractivity contribution in [1.29, 1.82) is 0 Å². The van der Waals surface area contributed by atoms with Gasteiger partial charge in [-0.1, -0.05) is 29.3 Å². The summed E-state index contributed by atoms with van der Waals surface area (Å²) in [6.07, 6.45) is 1.68. The molecule has 94 valence electrons. The van der Waals surface area contributed by atoms with Gasteiger partial charge in [0.2, 0.25) is 5.88 Å². The van der Waals surface area contributed by atoms with E-state index < -0.39 is 0 Å². The van der Waals surface area contributed by atoms with Crippen molar-refractivity contribution in [3.05, 3.63) is 52.1 Å². The number of hydrogen-bond donors (Lipinski definition) is 1. The lowest BCUT2D eigenvalue weighted by Gasteiger charge is -2.10. The maximum Gasteiger partial charge on any atom is 0.223 e. The fourth-order valence-electron chi connectivity index (χ4n) is 1.54. The Balaban J connectivity index is 2.27. The van der Waals surface area contributed by atoms with Crippen molar-refractivity contribution in [1.82, 2.24) is 10.3 Å². The standard InChI is InChI=1S/C13H12Cl2N2O/c1-16-8-9-3-2-4-17-13(9)18-12-6-10(14)5-11(15)7-12/h2-7,16H,8H2,1H3. The molecule has 1 aromatic carbocycles. The van der Waals surface area contributed by atoms with Crippen LogP contribution in [-0.4, -0.2) is 12.0 Å². The van der Waals surface area contributed by atoms with Crippen molar-refractivity contribution >= 4 is 23.2 Å². The summed E-state index contributed by atoms with van der Waals surface area (Å²) >= 11 is 11.8. The summed E-state index contributed by atoms with van der Waals surface area (Å²) in [6, 6.07) is 8.87. The predicted octanol–water partition coefficient (Wildman–Crippen LogP) is 3.90. The minimum atomic E-state index is 0.531. The van der Waals surface area contributed by atoms with Gasteiger partial charge in [-0.15, -0.1) is 0 Å². The third kappa shape index (κ3) is 3.35. The van der Waals surface area contributed by atoms with Crippen molar-refractivity contribution in [2.45, 2.75) is 6.54 Å². The minimum absolute atomic E-state index is 0.531. The molecule has 0 spiro atoms. The smallest absolute Gasteiger partial charge is 0.223 e. The van der Waals surface area contributed by atoms with Gasteiger partial charge in [-0.05, 0) is 31.3 Å². The lowest BCUT2D eigenvalue weighted by Crippen LogP contribution is -2.07. The molecule has 3 nitrogen and oxygen atoms in total. The van der Waals surface area contributed by atoms with E-state index in [1.165, 1.54) is 0 Å². The second kappa shape index (κ2) is 6.05. The number of pyridine rings is 1. The number of benzene rings is 1. The van der Waals surface area contributed by atoms with Crippen molar-refractivity contribution in [3.8, 4) is 11.6 Å². The van der Waals surface area contributed by atoms with Gasteiger partial charge in [-0.2, -0.15) is 0 Å². The summed E-state index contributed by atoms with van der Waals surface area (Å²) in [5.74, 6) is 1.12. The molecule has 0 aliphatic rings. The molecule has 2 rings (SSSR count). The molecular formula is C13H12Cl2N2O. The first-order chi connectivity index (χ1) is 8.69. The lowest BCUT2D eigenvalue weighted by atomic mass is 10.2. The average molecular weight is 283 g/mol. The highest BCUT2D eigenvalue weighted by Gasteiger charge is 2.06. The normalized spacial score (nSPS) is 10.4. The summed E-state index contributed by atoms with van der Waals surface area (Å²) < 4.78 is 5.70. The van der Waals surface area contributed by atoms with Crippen LogP contribution in [0.3, 0.4) is 0 Å². The van der Waals surface area contributed by atoms with Gasteiger partial charge in [0.15, 0.2) is 0 Å². The molecule has 0 unspecified atom stereocenters. The van der Waals surface area contributed by atoms with E-state index >= 15 is 0 Å². The van der Waals surface area contributed by atoms with E-state index in [4.69, 9.17) is 27.9 Å². The van der Waals surface area contributed by atoms with Gasteiger partial charge >= 0.3 is 0 Å². The summed E-state index contributed by atoms with van der Waals surface area (Å²) in [7, 11) is 1.87. The van der Waals surface area contributed by atoms with Crippen LogP contribution < -0.4 is 10.1 Å². The number of hydrogen-bond acceptors (Lipinski definition) is 3. The molecule has 0 saturated carbocycles. The van der Waals surface area contributed by atoms with E-state index in [2.05, 4.69) is 10.3 Å². The first kappa shape index (κ1) is 13.1. The van der Waals surface area contributed by atoms with Crippen LogP contribution in [0, 0.1) is 0 Å². The number of rotatable bonds is 4. The van der Waals surface area contributed by atoms with Crippen LogP contribution in [0.1, 0.15) is 5.56 Å². The van der Waals surface area contributed by atoms with E-state index in [1.54, 1.807) is 24.4 Å². The molecule has 0 aliphatic carbocycles. The molecule has 2 aromatic rings. The number of aromatic nitrogens is 1. The third-order valence-corrected chi connectivity index (χ3v) is 2.70. The topological polar surface area (TPSA) is 34.2 Å². The highest BCUT2D eigenvalue weighted by Crippen LogP contribution is 2.28.